The molecule has 1 aromatic carbocycles. The Labute approximate surface area is 109 Å². The second-order valence-corrected chi connectivity index (χ2v) is 5.82. The number of carboxylic acids is 1. The lowest BCUT2D eigenvalue weighted by atomic mass is 9.76. The van der Waals surface area contributed by atoms with Crippen molar-refractivity contribution < 1.29 is 9.90 Å². The fourth-order valence-electron chi connectivity index (χ4n) is 2.18. The van der Waals surface area contributed by atoms with Gasteiger partial charge in [-0.05, 0) is 23.0 Å². The van der Waals surface area contributed by atoms with Crippen LogP contribution in [0.2, 0.25) is 0 Å². The van der Waals surface area contributed by atoms with E-state index in [0.717, 1.165) is 17.5 Å². The molecule has 18 heavy (non-hydrogen) atoms. The summed E-state index contributed by atoms with van der Waals surface area (Å²) in [5.41, 5.74) is 7.53. The molecule has 100 valence electrons. The number of aliphatic carboxylic acids is 1. The van der Waals surface area contributed by atoms with E-state index in [1.807, 2.05) is 52.0 Å². The number of carboxylic acid groups (broad SMARTS) is 1. The van der Waals surface area contributed by atoms with Crippen LogP contribution in [0.25, 0.3) is 0 Å². The first kappa shape index (κ1) is 14.7. The molecule has 0 radical (unpaired) electrons. The van der Waals surface area contributed by atoms with E-state index >= 15 is 0 Å². The normalized spacial score (nSPS) is 15.2. The topological polar surface area (TPSA) is 63.3 Å². The molecule has 0 saturated carbocycles. The number of rotatable bonds is 4. The summed E-state index contributed by atoms with van der Waals surface area (Å²) in [6.07, 6.45) is 0.876. The molecule has 0 heterocycles. The first-order valence-corrected chi connectivity index (χ1v) is 6.35. The van der Waals surface area contributed by atoms with Crippen LogP contribution >= 0.6 is 0 Å². The summed E-state index contributed by atoms with van der Waals surface area (Å²) in [7, 11) is 0. The predicted octanol–water partition coefficient (Wildman–Crippen LogP) is 3.31. The lowest BCUT2D eigenvalue weighted by Crippen LogP contribution is -2.26. The number of carbonyl (C=O) groups is 1. The SMILES string of the molecule is CCC(N)c1ccc(C(C(=O)O)C(C)(C)C)cc1. The Morgan fingerprint density at radius 2 is 1.67 bits per heavy atom. The highest BCUT2D eigenvalue weighted by Crippen LogP contribution is 2.35. The number of nitrogens with two attached hydrogens (primary N) is 1. The zero-order valence-electron chi connectivity index (χ0n) is 11.6. The van der Waals surface area contributed by atoms with Crippen LogP contribution in [0.4, 0.5) is 0 Å². The number of benzene rings is 1. The number of hydrogen-bond donors (Lipinski definition) is 2. The van der Waals surface area contributed by atoms with Gasteiger partial charge in [-0.1, -0.05) is 52.0 Å². The molecule has 0 aliphatic rings. The van der Waals surface area contributed by atoms with Gasteiger partial charge < -0.3 is 10.8 Å². The van der Waals surface area contributed by atoms with Crippen molar-refractivity contribution in [3.05, 3.63) is 35.4 Å². The minimum Gasteiger partial charge on any atom is -0.481 e. The zero-order valence-corrected chi connectivity index (χ0v) is 11.6. The van der Waals surface area contributed by atoms with Gasteiger partial charge >= 0.3 is 5.97 Å². The van der Waals surface area contributed by atoms with Crippen LogP contribution in [-0.4, -0.2) is 11.1 Å². The van der Waals surface area contributed by atoms with E-state index < -0.39 is 11.9 Å². The first-order valence-electron chi connectivity index (χ1n) is 6.35. The Morgan fingerprint density at radius 3 is 2.00 bits per heavy atom. The Kier molecular flexibility index (Phi) is 4.52. The van der Waals surface area contributed by atoms with Crippen LogP contribution in [0.15, 0.2) is 24.3 Å². The van der Waals surface area contributed by atoms with Gasteiger partial charge in [0.15, 0.2) is 0 Å². The molecule has 1 aromatic rings. The predicted molar refractivity (Wildman–Crippen MR) is 73.5 cm³/mol. The molecule has 0 saturated heterocycles. The molecule has 2 atom stereocenters. The van der Waals surface area contributed by atoms with Crippen LogP contribution in [0, 0.1) is 5.41 Å². The molecule has 0 bridgehead atoms. The third-order valence-electron chi connectivity index (χ3n) is 3.25. The second-order valence-electron chi connectivity index (χ2n) is 5.82. The molecule has 0 aromatic heterocycles. The Bertz CT molecular complexity index is 403. The summed E-state index contributed by atoms with van der Waals surface area (Å²) in [6.45, 7) is 7.86. The van der Waals surface area contributed by atoms with Crippen LogP contribution < -0.4 is 5.73 Å². The fourth-order valence-corrected chi connectivity index (χ4v) is 2.18. The Balaban J connectivity index is 3.06. The molecule has 3 N–H and O–H groups in total. The van der Waals surface area contributed by atoms with E-state index in [1.54, 1.807) is 0 Å². The minimum atomic E-state index is -0.782. The highest BCUT2D eigenvalue weighted by atomic mass is 16.4. The van der Waals surface area contributed by atoms with E-state index in [2.05, 4.69) is 0 Å². The number of hydrogen-bond acceptors (Lipinski definition) is 2. The smallest absolute Gasteiger partial charge is 0.311 e. The van der Waals surface area contributed by atoms with Crippen LogP contribution in [0.5, 0.6) is 0 Å². The van der Waals surface area contributed by atoms with Crippen molar-refractivity contribution in [2.24, 2.45) is 11.1 Å². The quantitative estimate of drug-likeness (QED) is 0.860. The van der Waals surface area contributed by atoms with Gasteiger partial charge in [-0.2, -0.15) is 0 Å². The van der Waals surface area contributed by atoms with Gasteiger partial charge in [0.25, 0.3) is 0 Å². The standard InChI is InChI=1S/C15H23NO2/c1-5-12(16)10-6-8-11(9-7-10)13(14(17)18)15(2,3)4/h6-9,12-13H,5,16H2,1-4H3,(H,17,18). The van der Waals surface area contributed by atoms with Crippen LogP contribution in [-0.2, 0) is 4.79 Å². The van der Waals surface area contributed by atoms with Crippen molar-refractivity contribution >= 4 is 5.97 Å². The minimum absolute atomic E-state index is 0.0250. The highest BCUT2D eigenvalue weighted by Gasteiger charge is 2.32. The van der Waals surface area contributed by atoms with E-state index in [0.29, 0.717) is 0 Å². The van der Waals surface area contributed by atoms with Crippen molar-refractivity contribution in [3.63, 3.8) is 0 Å². The van der Waals surface area contributed by atoms with Crippen molar-refractivity contribution in [2.45, 2.75) is 46.1 Å². The molecule has 0 spiro atoms. The van der Waals surface area contributed by atoms with Gasteiger partial charge in [0.1, 0.15) is 0 Å². The van der Waals surface area contributed by atoms with E-state index in [4.69, 9.17) is 5.73 Å². The molecule has 3 nitrogen and oxygen atoms in total. The van der Waals surface area contributed by atoms with Crippen LogP contribution in [0.3, 0.4) is 0 Å². The van der Waals surface area contributed by atoms with Gasteiger partial charge in [0.05, 0.1) is 5.92 Å². The first-order chi connectivity index (χ1) is 8.27. The van der Waals surface area contributed by atoms with Gasteiger partial charge in [0, 0.05) is 6.04 Å². The maximum absolute atomic E-state index is 11.4. The third-order valence-corrected chi connectivity index (χ3v) is 3.25. The maximum Gasteiger partial charge on any atom is 0.311 e. The molecular weight excluding hydrogens is 226 g/mol. The summed E-state index contributed by atoms with van der Waals surface area (Å²) in [4.78, 5) is 11.4. The average Bonchev–Trinajstić information content (AvgIpc) is 2.26. The van der Waals surface area contributed by atoms with Gasteiger partial charge in [-0.3, -0.25) is 4.79 Å². The molecule has 0 amide bonds. The summed E-state index contributed by atoms with van der Waals surface area (Å²) in [6, 6.07) is 7.66. The molecule has 0 aliphatic heterocycles. The van der Waals surface area contributed by atoms with Crippen molar-refractivity contribution in [1.29, 1.82) is 0 Å². The van der Waals surface area contributed by atoms with Crippen LogP contribution in [0.1, 0.15) is 57.2 Å². The highest BCUT2D eigenvalue weighted by molar-refractivity contribution is 5.77. The Hall–Kier alpha value is -1.35. The molecular formula is C15H23NO2. The molecule has 0 fully saturated rings. The summed E-state index contributed by atoms with van der Waals surface area (Å²) >= 11 is 0. The summed E-state index contributed by atoms with van der Waals surface area (Å²) in [5, 5.41) is 9.36. The molecule has 3 heteroatoms. The van der Waals surface area contributed by atoms with E-state index in [9.17, 15) is 9.90 Å². The van der Waals surface area contributed by atoms with E-state index in [-0.39, 0.29) is 11.5 Å². The van der Waals surface area contributed by atoms with Gasteiger partial charge in [0.2, 0.25) is 0 Å². The second kappa shape index (κ2) is 5.53. The molecule has 0 aliphatic carbocycles. The monoisotopic (exact) mass is 249 g/mol. The lowest BCUT2D eigenvalue weighted by molar-refractivity contribution is -0.141. The van der Waals surface area contributed by atoms with Gasteiger partial charge in [-0.15, -0.1) is 0 Å². The summed E-state index contributed by atoms with van der Waals surface area (Å²) in [5.74, 6) is -1.28. The third kappa shape index (κ3) is 3.33. The average molecular weight is 249 g/mol. The zero-order chi connectivity index (χ0) is 13.9. The largest absolute Gasteiger partial charge is 0.481 e. The lowest BCUT2D eigenvalue weighted by Gasteiger charge is -2.27. The van der Waals surface area contributed by atoms with Gasteiger partial charge in [-0.25, -0.2) is 0 Å². The Morgan fingerprint density at radius 1 is 1.22 bits per heavy atom. The molecule has 2 unspecified atom stereocenters. The van der Waals surface area contributed by atoms with Crippen molar-refractivity contribution in [2.75, 3.05) is 0 Å². The summed E-state index contributed by atoms with van der Waals surface area (Å²) < 4.78 is 0. The maximum atomic E-state index is 11.4. The van der Waals surface area contributed by atoms with Crippen molar-refractivity contribution in [1.82, 2.24) is 0 Å². The fraction of sp³-hybridized carbons (Fsp3) is 0.533. The molecule has 1 rings (SSSR count). The van der Waals surface area contributed by atoms with Crippen molar-refractivity contribution in [3.8, 4) is 0 Å². The van der Waals surface area contributed by atoms with E-state index in [1.165, 1.54) is 0 Å².